The molecule has 0 amide bonds. The Labute approximate surface area is 92.8 Å². The molecule has 0 aliphatic rings. The number of hydrogen-bond donors (Lipinski definition) is 1. The monoisotopic (exact) mass is 216 g/mol. The number of carboxylic acid groups (broad SMARTS) is 1. The Hall–Kier alpha value is -0.570. The van der Waals surface area contributed by atoms with Gasteiger partial charge in [0, 0.05) is 13.0 Å². The van der Waals surface area contributed by atoms with Crippen LogP contribution in [0.1, 0.15) is 52.9 Å². The molecule has 90 valence electrons. The number of carboxylic acids is 1. The number of rotatable bonds is 9. The summed E-state index contributed by atoms with van der Waals surface area (Å²) < 4.78 is 5.61. The van der Waals surface area contributed by atoms with Gasteiger partial charge in [0.05, 0.1) is 6.10 Å². The molecular formula is C12H24O3. The molecule has 1 atom stereocenters. The van der Waals surface area contributed by atoms with Crippen LogP contribution in [-0.4, -0.2) is 23.8 Å². The van der Waals surface area contributed by atoms with E-state index in [0.717, 1.165) is 32.3 Å². The molecule has 3 nitrogen and oxygen atoms in total. The SMILES string of the molecule is CC(C)COC(C)CCCCCC(=O)O. The Morgan fingerprint density at radius 1 is 1.20 bits per heavy atom. The molecule has 0 spiro atoms. The third-order valence-corrected chi connectivity index (χ3v) is 2.22. The van der Waals surface area contributed by atoms with Gasteiger partial charge in [-0.3, -0.25) is 4.79 Å². The van der Waals surface area contributed by atoms with Crippen molar-refractivity contribution >= 4 is 5.97 Å². The van der Waals surface area contributed by atoms with Crippen LogP contribution in [0.25, 0.3) is 0 Å². The van der Waals surface area contributed by atoms with Crippen molar-refractivity contribution in [3.63, 3.8) is 0 Å². The van der Waals surface area contributed by atoms with Gasteiger partial charge in [-0.2, -0.15) is 0 Å². The van der Waals surface area contributed by atoms with Crippen molar-refractivity contribution in [1.82, 2.24) is 0 Å². The summed E-state index contributed by atoms with van der Waals surface area (Å²) in [5, 5.41) is 8.44. The lowest BCUT2D eigenvalue weighted by Gasteiger charge is -2.14. The van der Waals surface area contributed by atoms with Crippen LogP contribution in [0.2, 0.25) is 0 Å². The fraction of sp³-hybridized carbons (Fsp3) is 0.917. The van der Waals surface area contributed by atoms with Gasteiger partial charge in [-0.25, -0.2) is 0 Å². The smallest absolute Gasteiger partial charge is 0.303 e. The van der Waals surface area contributed by atoms with E-state index in [2.05, 4.69) is 20.8 Å². The average Bonchev–Trinajstić information content (AvgIpc) is 2.13. The molecule has 0 aliphatic heterocycles. The zero-order valence-electron chi connectivity index (χ0n) is 10.2. The number of unbranched alkanes of at least 4 members (excludes halogenated alkanes) is 2. The fourth-order valence-corrected chi connectivity index (χ4v) is 1.32. The molecule has 0 aromatic heterocycles. The molecule has 0 aromatic rings. The summed E-state index contributed by atoms with van der Waals surface area (Å²) >= 11 is 0. The lowest BCUT2D eigenvalue weighted by molar-refractivity contribution is -0.137. The predicted octanol–water partition coefficient (Wildman–Crippen LogP) is 3.08. The summed E-state index contributed by atoms with van der Waals surface area (Å²) in [5.74, 6) is -0.112. The molecule has 0 aromatic carbocycles. The highest BCUT2D eigenvalue weighted by Gasteiger charge is 2.03. The topological polar surface area (TPSA) is 46.5 Å². The highest BCUT2D eigenvalue weighted by molar-refractivity contribution is 5.66. The zero-order chi connectivity index (χ0) is 11.7. The lowest BCUT2D eigenvalue weighted by atomic mass is 10.1. The zero-order valence-corrected chi connectivity index (χ0v) is 10.2. The van der Waals surface area contributed by atoms with Crippen LogP contribution in [0.5, 0.6) is 0 Å². The maximum absolute atomic E-state index is 10.2. The van der Waals surface area contributed by atoms with Crippen molar-refractivity contribution in [2.24, 2.45) is 5.92 Å². The largest absolute Gasteiger partial charge is 0.481 e. The minimum Gasteiger partial charge on any atom is -0.481 e. The van der Waals surface area contributed by atoms with Crippen molar-refractivity contribution in [3.8, 4) is 0 Å². The molecule has 1 unspecified atom stereocenters. The summed E-state index contributed by atoms with van der Waals surface area (Å²) in [6, 6.07) is 0. The van der Waals surface area contributed by atoms with E-state index < -0.39 is 5.97 Å². The van der Waals surface area contributed by atoms with Crippen LogP contribution < -0.4 is 0 Å². The van der Waals surface area contributed by atoms with Gasteiger partial charge < -0.3 is 9.84 Å². The summed E-state index contributed by atoms with van der Waals surface area (Å²) in [5.41, 5.74) is 0. The summed E-state index contributed by atoms with van der Waals surface area (Å²) in [6.07, 6.45) is 4.46. The number of ether oxygens (including phenoxy) is 1. The van der Waals surface area contributed by atoms with Crippen LogP contribution in [0, 0.1) is 5.92 Å². The number of aliphatic carboxylic acids is 1. The third-order valence-electron chi connectivity index (χ3n) is 2.22. The molecule has 0 radical (unpaired) electrons. The van der Waals surface area contributed by atoms with E-state index >= 15 is 0 Å². The van der Waals surface area contributed by atoms with E-state index in [0.29, 0.717) is 18.4 Å². The maximum atomic E-state index is 10.2. The van der Waals surface area contributed by atoms with Gasteiger partial charge in [0.25, 0.3) is 0 Å². The first-order chi connectivity index (χ1) is 7.02. The first kappa shape index (κ1) is 14.4. The number of carbonyl (C=O) groups is 1. The van der Waals surface area contributed by atoms with E-state index in [4.69, 9.17) is 9.84 Å². The molecule has 0 saturated heterocycles. The molecule has 3 heteroatoms. The van der Waals surface area contributed by atoms with E-state index in [1.54, 1.807) is 0 Å². The molecule has 1 N–H and O–H groups in total. The first-order valence-corrected chi connectivity index (χ1v) is 5.85. The van der Waals surface area contributed by atoms with Crippen molar-refractivity contribution in [2.75, 3.05) is 6.61 Å². The Balaban J connectivity index is 3.23. The predicted molar refractivity (Wildman–Crippen MR) is 61.0 cm³/mol. The molecule has 0 saturated carbocycles. The van der Waals surface area contributed by atoms with Crippen LogP contribution in [0.4, 0.5) is 0 Å². The molecule has 0 heterocycles. The molecule has 0 rings (SSSR count). The highest BCUT2D eigenvalue weighted by Crippen LogP contribution is 2.09. The first-order valence-electron chi connectivity index (χ1n) is 5.85. The Morgan fingerprint density at radius 2 is 1.87 bits per heavy atom. The molecule has 0 bridgehead atoms. The van der Waals surface area contributed by atoms with Crippen molar-refractivity contribution in [1.29, 1.82) is 0 Å². The Kier molecular flexibility index (Phi) is 8.38. The van der Waals surface area contributed by atoms with E-state index in [1.165, 1.54) is 0 Å². The molecule has 0 fully saturated rings. The van der Waals surface area contributed by atoms with Gasteiger partial charge in [-0.1, -0.05) is 26.7 Å². The minimum atomic E-state index is -0.695. The minimum absolute atomic E-state index is 0.293. The van der Waals surface area contributed by atoms with Gasteiger partial charge >= 0.3 is 5.97 Å². The Bertz CT molecular complexity index is 166. The van der Waals surface area contributed by atoms with Crippen molar-refractivity contribution in [2.45, 2.75) is 59.0 Å². The molecule has 0 aliphatic carbocycles. The highest BCUT2D eigenvalue weighted by atomic mass is 16.5. The van der Waals surface area contributed by atoms with Gasteiger partial charge in [0.1, 0.15) is 0 Å². The second-order valence-electron chi connectivity index (χ2n) is 4.53. The van der Waals surface area contributed by atoms with Gasteiger partial charge in [-0.15, -0.1) is 0 Å². The second-order valence-corrected chi connectivity index (χ2v) is 4.53. The van der Waals surface area contributed by atoms with Crippen molar-refractivity contribution in [3.05, 3.63) is 0 Å². The van der Waals surface area contributed by atoms with Gasteiger partial charge in [-0.05, 0) is 25.7 Å². The van der Waals surface area contributed by atoms with E-state index in [-0.39, 0.29) is 0 Å². The van der Waals surface area contributed by atoms with Crippen LogP contribution in [-0.2, 0) is 9.53 Å². The second kappa shape index (κ2) is 8.72. The summed E-state index contributed by atoms with van der Waals surface area (Å²) in [6.45, 7) is 7.18. The summed E-state index contributed by atoms with van der Waals surface area (Å²) in [7, 11) is 0. The van der Waals surface area contributed by atoms with Gasteiger partial charge in [0.15, 0.2) is 0 Å². The van der Waals surface area contributed by atoms with Crippen LogP contribution >= 0.6 is 0 Å². The standard InChI is InChI=1S/C12H24O3/c1-10(2)9-15-11(3)7-5-4-6-8-12(13)14/h10-11H,4-9H2,1-3H3,(H,13,14). The average molecular weight is 216 g/mol. The van der Waals surface area contributed by atoms with Crippen LogP contribution in [0.15, 0.2) is 0 Å². The third kappa shape index (κ3) is 11.4. The maximum Gasteiger partial charge on any atom is 0.303 e. The summed E-state index contributed by atoms with van der Waals surface area (Å²) in [4.78, 5) is 10.2. The molecule has 15 heavy (non-hydrogen) atoms. The fourth-order valence-electron chi connectivity index (χ4n) is 1.32. The normalized spacial score (nSPS) is 13.1. The van der Waals surface area contributed by atoms with E-state index in [1.807, 2.05) is 0 Å². The van der Waals surface area contributed by atoms with Crippen LogP contribution in [0.3, 0.4) is 0 Å². The van der Waals surface area contributed by atoms with E-state index in [9.17, 15) is 4.79 Å². The number of hydrogen-bond acceptors (Lipinski definition) is 2. The quantitative estimate of drug-likeness (QED) is 0.602. The van der Waals surface area contributed by atoms with Crippen molar-refractivity contribution < 1.29 is 14.6 Å². The Morgan fingerprint density at radius 3 is 2.40 bits per heavy atom. The molecular weight excluding hydrogens is 192 g/mol. The van der Waals surface area contributed by atoms with Gasteiger partial charge in [0.2, 0.25) is 0 Å². The lowest BCUT2D eigenvalue weighted by Crippen LogP contribution is -2.12.